The van der Waals surface area contributed by atoms with Gasteiger partial charge in [-0.2, -0.15) is 26.3 Å². The predicted molar refractivity (Wildman–Crippen MR) is 47.5 cm³/mol. The van der Waals surface area contributed by atoms with Crippen LogP contribution in [0.2, 0.25) is 0 Å². The van der Waals surface area contributed by atoms with Crippen molar-refractivity contribution in [2.24, 2.45) is 5.92 Å². The molecular weight excluding hydrogens is 291 g/mol. The summed E-state index contributed by atoms with van der Waals surface area (Å²) in [6, 6.07) is 0. The van der Waals surface area contributed by atoms with Crippen molar-refractivity contribution in [1.82, 2.24) is 0 Å². The molecule has 0 saturated heterocycles. The first kappa shape index (κ1) is 16.4. The Hall–Kier alpha value is -0.630. The van der Waals surface area contributed by atoms with Crippen LogP contribution in [0.4, 0.5) is 39.5 Å². The first-order chi connectivity index (χ1) is 8.36. The summed E-state index contributed by atoms with van der Waals surface area (Å²) in [6.45, 7) is 0. The summed E-state index contributed by atoms with van der Waals surface area (Å²) >= 11 is 0. The smallest absolute Gasteiger partial charge is 0.217 e. The zero-order valence-electron chi connectivity index (χ0n) is 9.51. The Bertz CT molecular complexity index is 294. The van der Waals surface area contributed by atoms with Crippen LogP contribution < -0.4 is 0 Å². The minimum Gasteiger partial charge on any atom is -0.217 e. The van der Waals surface area contributed by atoms with Gasteiger partial charge in [-0.15, -0.1) is 0 Å². The molecule has 1 fully saturated rings. The van der Waals surface area contributed by atoms with Gasteiger partial charge in [0.15, 0.2) is 0 Å². The van der Waals surface area contributed by atoms with Crippen molar-refractivity contribution < 1.29 is 39.5 Å². The van der Waals surface area contributed by atoms with Crippen LogP contribution in [0, 0.1) is 5.92 Å². The van der Waals surface area contributed by atoms with Crippen LogP contribution in [-0.2, 0) is 0 Å². The van der Waals surface area contributed by atoms with Crippen LogP contribution in [0.25, 0.3) is 0 Å². The zero-order chi connectivity index (χ0) is 15.1. The standard InChI is InChI=1S/C10H11F9/c11-7(12,6-4-2-1-3-5-6)8(13,9(14,15)16)10(17,18)19/h6H,1-5H2. The molecule has 1 rings (SSSR count). The topological polar surface area (TPSA) is 0 Å². The fraction of sp³-hybridized carbons (Fsp3) is 1.00. The molecule has 1 saturated carbocycles. The monoisotopic (exact) mass is 302 g/mol. The SMILES string of the molecule is FC(F)(F)C(F)(C(F)(F)F)C(F)(F)C1CCCCC1. The van der Waals surface area contributed by atoms with E-state index in [4.69, 9.17) is 0 Å². The highest BCUT2D eigenvalue weighted by molar-refractivity contribution is 5.08. The molecule has 0 heterocycles. The minimum atomic E-state index is -6.72. The Morgan fingerprint density at radius 1 is 0.579 bits per heavy atom. The van der Waals surface area contributed by atoms with Crippen molar-refractivity contribution in [1.29, 1.82) is 0 Å². The van der Waals surface area contributed by atoms with Crippen LogP contribution >= 0.6 is 0 Å². The van der Waals surface area contributed by atoms with Crippen molar-refractivity contribution in [3.8, 4) is 0 Å². The van der Waals surface area contributed by atoms with Crippen molar-refractivity contribution in [2.45, 2.75) is 56.0 Å². The highest BCUT2D eigenvalue weighted by Gasteiger charge is 2.85. The van der Waals surface area contributed by atoms with Crippen molar-refractivity contribution in [3.63, 3.8) is 0 Å². The van der Waals surface area contributed by atoms with Crippen LogP contribution in [0.15, 0.2) is 0 Å². The molecule has 0 radical (unpaired) electrons. The highest BCUT2D eigenvalue weighted by Crippen LogP contribution is 2.58. The molecule has 19 heavy (non-hydrogen) atoms. The Labute approximate surface area is 103 Å². The van der Waals surface area contributed by atoms with Crippen molar-refractivity contribution in [2.75, 3.05) is 0 Å². The molecule has 0 atom stereocenters. The van der Waals surface area contributed by atoms with Gasteiger partial charge in [-0.25, -0.2) is 13.2 Å². The van der Waals surface area contributed by atoms with Gasteiger partial charge >= 0.3 is 23.9 Å². The molecule has 114 valence electrons. The number of alkyl halides is 9. The van der Waals surface area contributed by atoms with E-state index >= 15 is 0 Å². The highest BCUT2D eigenvalue weighted by atomic mass is 19.4. The van der Waals surface area contributed by atoms with Gasteiger partial charge in [-0.1, -0.05) is 19.3 Å². The first-order valence-electron chi connectivity index (χ1n) is 5.56. The number of rotatable bonds is 2. The fourth-order valence-corrected chi connectivity index (χ4v) is 2.29. The lowest BCUT2D eigenvalue weighted by Crippen LogP contribution is -2.66. The quantitative estimate of drug-likeness (QED) is 0.627. The average molecular weight is 302 g/mol. The first-order valence-corrected chi connectivity index (χ1v) is 5.56. The number of hydrogen-bond donors (Lipinski definition) is 0. The van der Waals surface area contributed by atoms with Crippen molar-refractivity contribution in [3.05, 3.63) is 0 Å². The van der Waals surface area contributed by atoms with E-state index in [-0.39, 0.29) is 12.8 Å². The van der Waals surface area contributed by atoms with Gasteiger partial charge in [-0.3, -0.25) is 0 Å². The molecule has 0 aromatic carbocycles. The third-order valence-electron chi connectivity index (χ3n) is 3.36. The molecule has 0 aliphatic heterocycles. The molecule has 0 nitrogen and oxygen atoms in total. The molecule has 0 aromatic rings. The predicted octanol–water partition coefficient (Wildman–Crippen LogP) is 5.03. The molecular formula is C10H11F9. The van der Waals surface area contributed by atoms with E-state index in [1.165, 1.54) is 0 Å². The second kappa shape index (κ2) is 4.73. The van der Waals surface area contributed by atoms with Gasteiger partial charge in [0.1, 0.15) is 0 Å². The largest absolute Gasteiger partial charge is 0.437 e. The molecule has 1 aliphatic rings. The third kappa shape index (κ3) is 2.52. The van der Waals surface area contributed by atoms with Crippen LogP contribution in [0.3, 0.4) is 0 Å². The third-order valence-corrected chi connectivity index (χ3v) is 3.36. The Morgan fingerprint density at radius 3 is 1.26 bits per heavy atom. The minimum absolute atomic E-state index is 0.0616. The summed E-state index contributed by atoms with van der Waals surface area (Å²) in [6.07, 6.45) is -14.0. The molecule has 1 aliphatic carbocycles. The Balaban J connectivity index is 3.24. The van der Waals surface area contributed by atoms with E-state index in [1.54, 1.807) is 0 Å². The van der Waals surface area contributed by atoms with Gasteiger partial charge in [0.2, 0.25) is 0 Å². The molecule has 9 heteroatoms. The summed E-state index contributed by atoms with van der Waals surface area (Å²) in [5.74, 6) is -7.78. The average Bonchev–Trinajstić information content (AvgIpc) is 2.26. The molecule has 0 spiro atoms. The van der Waals surface area contributed by atoms with Gasteiger partial charge < -0.3 is 0 Å². The van der Waals surface area contributed by atoms with Crippen LogP contribution in [0.1, 0.15) is 32.1 Å². The van der Waals surface area contributed by atoms with Gasteiger partial charge in [0.25, 0.3) is 0 Å². The summed E-state index contributed by atoms with van der Waals surface area (Å²) in [5.41, 5.74) is -6.50. The summed E-state index contributed by atoms with van der Waals surface area (Å²) in [5, 5.41) is 0. The van der Waals surface area contributed by atoms with E-state index in [2.05, 4.69) is 0 Å². The Kier molecular flexibility index (Phi) is 4.09. The van der Waals surface area contributed by atoms with E-state index in [0.717, 1.165) is 0 Å². The maximum Gasteiger partial charge on any atom is 0.437 e. The Morgan fingerprint density at radius 2 is 0.947 bits per heavy atom. The summed E-state index contributed by atoms with van der Waals surface area (Å²) in [4.78, 5) is 0. The zero-order valence-corrected chi connectivity index (χ0v) is 9.51. The lowest BCUT2D eigenvalue weighted by atomic mass is 9.77. The number of halogens is 9. The second-order valence-electron chi connectivity index (χ2n) is 4.61. The molecule has 0 bridgehead atoms. The van der Waals surface area contributed by atoms with E-state index in [1.807, 2.05) is 0 Å². The van der Waals surface area contributed by atoms with Gasteiger partial charge in [0, 0.05) is 5.92 Å². The lowest BCUT2D eigenvalue weighted by Gasteiger charge is -2.41. The summed E-state index contributed by atoms with van der Waals surface area (Å²) in [7, 11) is 0. The molecule has 0 N–H and O–H groups in total. The van der Waals surface area contributed by atoms with Gasteiger partial charge in [0.05, 0.1) is 0 Å². The van der Waals surface area contributed by atoms with E-state index < -0.39 is 42.7 Å². The molecule has 0 unspecified atom stereocenters. The maximum atomic E-state index is 13.5. The van der Waals surface area contributed by atoms with Gasteiger partial charge in [-0.05, 0) is 12.8 Å². The normalized spacial score (nSPS) is 20.7. The van der Waals surface area contributed by atoms with Crippen LogP contribution in [-0.4, -0.2) is 23.9 Å². The fourth-order valence-electron chi connectivity index (χ4n) is 2.29. The maximum absolute atomic E-state index is 13.5. The van der Waals surface area contributed by atoms with E-state index in [9.17, 15) is 39.5 Å². The lowest BCUT2D eigenvalue weighted by molar-refractivity contribution is -0.405. The van der Waals surface area contributed by atoms with Crippen LogP contribution in [0.5, 0.6) is 0 Å². The molecule has 0 aromatic heterocycles. The number of hydrogen-bond acceptors (Lipinski definition) is 0. The second-order valence-corrected chi connectivity index (χ2v) is 4.61. The van der Waals surface area contributed by atoms with E-state index in [0.29, 0.717) is 6.42 Å². The summed E-state index contributed by atoms with van der Waals surface area (Å²) < 4.78 is 114. The van der Waals surface area contributed by atoms with Crippen molar-refractivity contribution >= 4 is 0 Å². The molecule has 0 amide bonds.